The Balaban J connectivity index is 1.87. The second-order valence-electron chi connectivity index (χ2n) is 5.58. The normalized spacial score (nSPS) is 10.1. The van der Waals surface area contributed by atoms with E-state index < -0.39 is 18.5 Å². The van der Waals surface area contributed by atoms with Gasteiger partial charge in [-0.25, -0.2) is 4.79 Å². The van der Waals surface area contributed by atoms with Crippen molar-refractivity contribution in [1.82, 2.24) is 0 Å². The van der Waals surface area contributed by atoms with Crippen LogP contribution < -0.4 is 19.5 Å². The van der Waals surface area contributed by atoms with Gasteiger partial charge in [0.25, 0.3) is 5.91 Å². The summed E-state index contributed by atoms with van der Waals surface area (Å²) in [5, 5.41) is 11.2. The number of rotatable bonds is 9. The predicted molar refractivity (Wildman–Crippen MR) is 106 cm³/mol. The molecule has 0 atom stereocenters. The number of ether oxygens (including phenoxy) is 4. The summed E-state index contributed by atoms with van der Waals surface area (Å²) in [6.45, 7) is -0.527. The maximum absolute atomic E-state index is 11.9. The molecule has 0 saturated carbocycles. The minimum atomic E-state index is -0.672. The molecule has 2 aromatic carbocycles. The summed E-state index contributed by atoms with van der Waals surface area (Å²) in [5.74, 6) is 0.300. The van der Waals surface area contributed by atoms with Crippen LogP contribution in [0.15, 0.2) is 48.5 Å². The Hall–Kier alpha value is -3.99. The summed E-state index contributed by atoms with van der Waals surface area (Å²) in [6.07, 6.45) is 2.71. The molecule has 8 nitrogen and oxygen atoms in total. The van der Waals surface area contributed by atoms with Gasteiger partial charge in [0.1, 0.15) is 11.8 Å². The van der Waals surface area contributed by atoms with Crippen molar-refractivity contribution < 1.29 is 28.5 Å². The second kappa shape index (κ2) is 11.0. The fourth-order valence-corrected chi connectivity index (χ4v) is 2.26. The lowest BCUT2D eigenvalue weighted by atomic mass is 10.2. The highest BCUT2D eigenvalue weighted by atomic mass is 16.5. The van der Waals surface area contributed by atoms with Crippen molar-refractivity contribution in [3.63, 3.8) is 0 Å². The van der Waals surface area contributed by atoms with E-state index in [1.165, 1.54) is 26.4 Å². The molecule has 0 aliphatic carbocycles. The molecule has 2 aromatic rings. The van der Waals surface area contributed by atoms with Crippen LogP contribution >= 0.6 is 0 Å². The van der Waals surface area contributed by atoms with E-state index in [2.05, 4.69) is 5.32 Å². The fraction of sp³-hybridized carbons (Fsp3) is 0.190. The fourth-order valence-electron chi connectivity index (χ4n) is 2.26. The van der Waals surface area contributed by atoms with Gasteiger partial charge in [-0.05, 0) is 35.9 Å². The number of amides is 1. The van der Waals surface area contributed by atoms with Crippen molar-refractivity contribution in [3.05, 3.63) is 54.1 Å². The molecule has 0 aromatic heterocycles. The van der Waals surface area contributed by atoms with E-state index in [9.17, 15) is 9.59 Å². The zero-order valence-electron chi connectivity index (χ0n) is 16.0. The average Bonchev–Trinajstić information content (AvgIpc) is 2.75. The third kappa shape index (κ3) is 6.92. The molecule has 1 amide bonds. The predicted octanol–water partition coefficient (Wildman–Crippen LogP) is 2.80. The SMILES string of the molecule is COc1cccc(NC(=O)COC(=O)/C=C/c2ccc(OCC#N)c(OC)c2)c1. The second-order valence-corrected chi connectivity index (χ2v) is 5.58. The molecular weight excluding hydrogens is 376 g/mol. The van der Waals surface area contributed by atoms with Gasteiger partial charge in [0.2, 0.25) is 0 Å². The van der Waals surface area contributed by atoms with Crippen LogP contribution in [0.4, 0.5) is 5.69 Å². The highest BCUT2D eigenvalue weighted by molar-refractivity contribution is 5.94. The molecule has 0 aliphatic heterocycles. The van der Waals surface area contributed by atoms with Gasteiger partial charge in [-0.3, -0.25) is 4.79 Å². The molecule has 0 unspecified atom stereocenters. The van der Waals surface area contributed by atoms with Gasteiger partial charge in [0.15, 0.2) is 24.7 Å². The lowest BCUT2D eigenvalue weighted by Crippen LogP contribution is -2.20. The number of benzene rings is 2. The number of esters is 1. The van der Waals surface area contributed by atoms with Crippen LogP contribution in [0.5, 0.6) is 17.2 Å². The number of hydrogen-bond acceptors (Lipinski definition) is 7. The highest BCUT2D eigenvalue weighted by Crippen LogP contribution is 2.28. The van der Waals surface area contributed by atoms with Gasteiger partial charge >= 0.3 is 5.97 Å². The Bertz CT molecular complexity index is 933. The molecule has 0 radical (unpaired) electrons. The molecule has 1 N–H and O–H groups in total. The standard InChI is InChI=1S/C21H20N2O6/c1-26-17-5-3-4-16(13-17)23-20(24)14-29-21(25)9-7-15-6-8-18(28-11-10-22)19(12-15)27-2/h3-9,12-13H,11,14H2,1-2H3,(H,23,24)/b9-7+. The average molecular weight is 396 g/mol. The molecule has 0 spiro atoms. The summed E-state index contributed by atoms with van der Waals surface area (Å²) in [6, 6.07) is 13.7. The van der Waals surface area contributed by atoms with Crippen LogP contribution in [0.2, 0.25) is 0 Å². The Morgan fingerprint density at radius 1 is 1.10 bits per heavy atom. The number of carbonyl (C=O) groups excluding carboxylic acids is 2. The van der Waals surface area contributed by atoms with Gasteiger partial charge in [0, 0.05) is 17.8 Å². The zero-order valence-corrected chi connectivity index (χ0v) is 16.0. The summed E-state index contributed by atoms with van der Waals surface area (Å²) in [7, 11) is 2.99. The monoisotopic (exact) mass is 396 g/mol. The van der Waals surface area contributed by atoms with Crippen molar-refractivity contribution in [1.29, 1.82) is 5.26 Å². The minimum Gasteiger partial charge on any atom is -0.497 e. The van der Waals surface area contributed by atoms with Crippen molar-refractivity contribution in [2.24, 2.45) is 0 Å². The molecule has 0 saturated heterocycles. The summed E-state index contributed by atoms with van der Waals surface area (Å²) in [4.78, 5) is 23.7. The number of nitriles is 1. The maximum atomic E-state index is 11.9. The summed E-state index contributed by atoms with van der Waals surface area (Å²) in [5.41, 5.74) is 1.19. The lowest BCUT2D eigenvalue weighted by Gasteiger charge is -2.09. The van der Waals surface area contributed by atoms with Crippen molar-refractivity contribution in [2.75, 3.05) is 32.8 Å². The number of methoxy groups -OCH3 is 2. The van der Waals surface area contributed by atoms with Crippen LogP contribution in [-0.4, -0.2) is 39.3 Å². The molecule has 0 aliphatic rings. The summed E-state index contributed by atoms with van der Waals surface area (Å²) >= 11 is 0. The Morgan fingerprint density at radius 3 is 2.66 bits per heavy atom. The molecule has 2 rings (SSSR count). The Kier molecular flexibility index (Phi) is 8.08. The van der Waals surface area contributed by atoms with E-state index in [4.69, 9.17) is 24.2 Å². The third-order valence-corrected chi connectivity index (χ3v) is 3.59. The van der Waals surface area contributed by atoms with Crippen LogP contribution in [0.3, 0.4) is 0 Å². The maximum Gasteiger partial charge on any atom is 0.331 e. The molecule has 0 fully saturated rings. The molecule has 29 heavy (non-hydrogen) atoms. The Labute approximate surface area is 168 Å². The lowest BCUT2D eigenvalue weighted by molar-refractivity contribution is -0.142. The van der Waals surface area contributed by atoms with E-state index in [1.54, 1.807) is 42.5 Å². The first-order valence-electron chi connectivity index (χ1n) is 8.52. The van der Waals surface area contributed by atoms with E-state index >= 15 is 0 Å². The number of nitrogens with zero attached hydrogens (tertiary/aromatic N) is 1. The molecule has 0 bridgehead atoms. The zero-order chi connectivity index (χ0) is 21.1. The van der Waals surface area contributed by atoms with Crippen LogP contribution in [0.25, 0.3) is 6.08 Å². The first-order chi connectivity index (χ1) is 14.0. The highest BCUT2D eigenvalue weighted by Gasteiger charge is 2.08. The third-order valence-electron chi connectivity index (χ3n) is 3.59. The first kappa shape index (κ1) is 21.3. The van der Waals surface area contributed by atoms with Crippen LogP contribution in [0, 0.1) is 11.3 Å². The molecular formula is C21H20N2O6. The van der Waals surface area contributed by atoms with Crippen LogP contribution in [0.1, 0.15) is 5.56 Å². The van der Waals surface area contributed by atoms with Crippen molar-refractivity contribution in [3.8, 4) is 23.3 Å². The van der Waals surface area contributed by atoms with Gasteiger partial charge in [-0.1, -0.05) is 12.1 Å². The first-order valence-corrected chi connectivity index (χ1v) is 8.52. The summed E-state index contributed by atoms with van der Waals surface area (Å²) < 4.78 is 20.4. The topological polar surface area (TPSA) is 107 Å². The molecule has 0 heterocycles. The largest absolute Gasteiger partial charge is 0.497 e. The van der Waals surface area contributed by atoms with E-state index in [0.717, 1.165) is 0 Å². The number of anilines is 1. The van der Waals surface area contributed by atoms with E-state index in [1.807, 2.05) is 6.07 Å². The number of carbonyl (C=O) groups is 2. The van der Waals surface area contributed by atoms with E-state index in [0.29, 0.717) is 28.5 Å². The number of hydrogen-bond donors (Lipinski definition) is 1. The Morgan fingerprint density at radius 2 is 1.93 bits per heavy atom. The number of nitrogens with one attached hydrogen (secondary N) is 1. The smallest absolute Gasteiger partial charge is 0.331 e. The van der Waals surface area contributed by atoms with Gasteiger partial charge in [-0.2, -0.15) is 5.26 Å². The minimum absolute atomic E-state index is 0.101. The van der Waals surface area contributed by atoms with E-state index in [-0.39, 0.29) is 6.61 Å². The molecule has 8 heteroatoms. The van der Waals surface area contributed by atoms with Gasteiger partial charge < -0.3 is 24.3 Å². The molecule has 150 valence electrons. The van der Waals surface area contributed by atoms with Gasteiger partial charge in [0.05, 0.1) is 14.2 Å². The van der Waals surface area contributed by atoms with Crippen molar-refractivity contribution in [2.45, 2.75) is 0 Å². The van der Waals surface area contributed by atoms with Gasteiger partial charge in [-0.15, -0.1) is 0 Å². The quantitative estimate of drug-likeness (QED) is 0.513. The van der Waals surface area contributed by atoms with Crippen molar-refractivity contribution >= 4 is 23.6 Å². The van der Waals surface area contributed by atoms with Crippen LogP contribution in [-0.2, 0) is 14.3 Å².